The third-order valence-corrected chi connectivity index (χ3v) is 4.05. The molecule has 0 saturated heterocycles. The van der Waals surface area contributed by atoms with E-state index >= 15 is 0 Å². The smallest absolute Gasteiger partial charge is 0.0623 e. The van der Waals surface area contributed by atoms with Crippen LogP contribution >= 0.6 is 0 Å². The normalized spacial score (nSPS) is 10.5. The van der Waals surface area contributed by atoms with Crippen LogP contribution in [-0.2, 0) is 0 Å². The fourth-order valence-electron chi connectivity index (χ4n) is 2.81. The van der Waals surface area contributed by atoms with Crippen molar-refractivity contribution in [3.8, 4) is 22.5 Å². The zero-order valence-electron chi connectivity index (χ0n) is 13.2. The molecular formula is C22H18N2. The molecule has 1 aromatic heterocycles. The van der Waals surface area contributed by atoms with E-state index in [1.165, 1.54) is 0 Å². The van der Waals surface area contributed by atoms with Crippen LogP contribution in [0.4, 0.5) is 0 Å². The van der Waals surface area contributed by atoms with Crippen molar-refractivity contribution in [3.63, 3.8) is 0 Å². The number of hydrogen-bond donors (Lipinski definition) is 2. The summed E-state index contributed by atoms with van der Waals surface area (Å²) >= 11 is 0. The van der Waals surface area contributed by atoms with Crippen LogP contribution in [0.1, 0.15) is 0 Å². The van der Waals surface area contributed by atoms with Gasteiger partial charge in [0.1, 0.15) is 0 Å². The summed E-state index contributed by atoms with van der Waals surface area (Å²) in [7, 11) is 0. The largest absolute Gasteiger partial charge is 0.353 e. The van der Waals surface area contributed by atoms with Crippen molar-refractivity contribution >= 4 is 11.0 Å². The maximum atomic E-state index is 3.54. The summed E-state index contributed by atoms with van der Waals surface area (Å²) < 4.78 is 0. The lowest BCUT2D eigenvalue weighted by molar-refractivity contribution is 1.34. The van der Waals surface area contributed by atoms with E-state index in [1.54, 1.807) is 0 Å². The molecular weight excluding hydrogens is 292 g/mol. The first-order chi connectivity index (χ1) is 11.9. The molecule has 0 bridgehead atoms. The Morgan fingerprint density at radius 1 is 0.375 bits per heavy atom. The number of nitrogens with one attached hydrogen (secondary N) is 2. The first-order valence-electron chi connectivity index (χ1n) is 8.06. The van der Waals surface area contributed by atoms with Crippen molar-refractivity contribution in [2.24, 2.45) is 0 Å². The first kappa shape index (κ1) is 14.3. The molecule has 4 aromatic rings. The van der Waals surface area contributed by atoms with Crippen molar-refractivity contribution in [3.05, 3.63) is 97.1 Å². The summed E-state index contributed by atoms with van der Waals surface area (Å²) in [5, 5.41) is 0. The first-order valence-corrected chi connectivity index (χ1v) is 8.06. The van der Waals surface area contributed by atoms with E-state index in [0.29, 0.717) is 0 Å². The van der Waals surface area contributed by atoms with Crippen LogP contribution in [0.5, 0.6) is 0 Å². The average Bonchev–Trinajstić information content (AvgIpc) is 2.64. The van der Waals surface area contributed by atoms with E-state index in [-0.39, 0.29) is 0 Å². The molecule has 0 saturated carbocycles. The van der Waals surface area contributed by atoms with Crippen molar-refractivity contribution in [1.82, 2.24) is 9.97 Å². The molecule has 4 rings (SSSR count). The van der Waals surface area contributed by atoms with Gasteiger partial charge in [-0.1, -0.05) is 72.8 Å². The summed E-state index contributed by atoms with van der Waals surface area (Å²) in [6, 6.07) is 33.3. The highest BCUT2D eigenvalue weighted by atomic mass is 14.8. The van der Waals surface area contributed by atoms with E-state index in [4.69, 9.17) is 0 Å². The molecule has 0 unspecified atom stereocenters. The molecule has 2 N–H and O–H groups in total. The highest BCUT2D eigenvalue weighted by Gasteiger charge is 2.00. The minimum atomic E-state index is 1.06. The van der Waals surface area contributed by atoms with E-state index < -0.39 is 0 Å². The van der Waals surface area contributed by atoms with Gasteiger partial charge in [-0.15, -0.1) is 0 Å². The van der Waals surface area contributed by atoms with Crippen LogP contribution in [0, 0.1) is 0 Å². The monoisotopic (exact) mass is 310 g/mol. The number of H-pyrrole nitrogens is 2. The maximum absolute atomic E-state index is 3.54. The van der Waals surface area contributed by atoms with Crippen LogP contribution < -0.4 is 0 Å². The van der Waals surface area contributed by atoms with Crippen LogP contribution in [-0.4, -0.2) is 9.97 Å². The van der Waals surface area contributed by atoms with Gasteiger partial charge < -0.3 is 9.97 Å². The van der Waals surface area contributed by atoms with E-state index in [1.807, 2.05) is 24.3 Å². The Bertz CT molecular complexity index is 911. The maximum Gasteiger partial charge on any atom is 0.0623 e. The quantitative estimate of drug-likeness (QED) is 0.458. The topological polar surface area (TPSA) is 31.6 Å². The molecule has 0 aliphatic heterocycles. The number of benzene rings is 3. The van der Waals surface area contributed by atoms with E-state index in [9.17, 15) is 0 Å². The molecule has 0 spiro atoms. The molecule has 0 atom stereocenters. The lowest BCUT2D eigenvalue weighted by Gasteiger charge is -2.06. The summed E-state index contributed by atoms with van der Waals surface area (Å²) in [4.78, 5) is 7.08. The highest BCUT2D eigenvalue weighted by molar-refractivity contribution is 5.78. The van der Waals surface area contributed by atoms with Crippen molar-refractivity contribution in [2.45, 2.75) is 0 Å². The van der Waals surface area contributed by atoms with Gasteiger partial charge in [0.2, 0.25) is 0 Å². The van der Waals surface area contributed by atoms with Crippen LogP contribution in [0.2, 0.25) is 0 Å². The summed E-state index contributed by atoms with van der Waals surface area (Å²) in [6.45, 7) is 0. The van der Waals surface area contributed by atoms with Gasteiger partial charge in [-0.2, -0.15) is 0 Å². The zero-order chi connectivity index (χ0) is 16.2. The van der Waals surface area contributed by atoms with Crippen molar-refractivity contribution in [2.75, 3.05) is 0 Å². The van der Waals surface area contributed by atoms with E-state index in [0.717, 1.165) is 33.5 Å². The fourth-order valence-corrected chi connectivity index (χ4v) is 2.81. The molecule has 1 heterocycles. The second-order valence-electron chi connectivity index (χ2n) is 5.69. The molecule has 2 nitrogen and oxygen atoms in total. The van der Waals surface area contributed by atoms with Gasteiger partial charge in [0.05, 0.1) is 11.0 Å². The summed E-state index contributed by atoms with van der Waals surface area (Å²) in [5.74, 6) is 0. The van der Waals surface area contributed by atoms with Gasteiger partial charge in [-0.3, -0.25) is 0 Å². The fraction of sp³-hybridized carbons (Fsp3) is 0. The SMILES string of the molecule is c1ccc(-c2ccc(-c3ccccc3)[nH]c3ccccc3[nH]2)cc1. The van der Waals surface area contributed by atoms with Crippen molar-refractivity contribution < 1.29 is 0 Å². The van der Waals surface area contributed by atoms with Crippen LogP contribution in [0.25, 0.3) is 33.5 Å². The minimum Gasteiger partial charge on any atom is -0.353 e. The molecule has 0 aliphatic rings. The Balaban J connectivity index is 2.01. The van der Waals surface area contributed by atoms with Gasteiger partial charge in [-0.25, -0.2) is 0 Å². The molecule has 0 aliphatic carbocycles. The van der Waals surface area contributed by atoms with Crippen LogP contribution in [0.3, 0.4) is 0 Å². The molecule has 3 aromatic carbocycles. The minimum absolute atomic E-state index is 1.06. The Hall–Kier alpha value is -3.26. The predicted molar refractivity (Wildman–Crippen MR) is 101 cm³/mol. The van der Waals surface area contributed by atoms with Gasteiger partial charge >= 0.3 is 0 Å². The Kier molecular flexibility index (Phi) is 3.86. The molecule has 116 valence electrons. The number of fused-ring (bicyclic) bond motifs is 1. The second-order valence-corrected chi connectivity index (χ2v) is 5.69. The number of para-hydroxylation sites is 2. The number of hydrogen-bond acceptors (Lipinski definition) is 0. The average molecular weight is 310 g/mol. The molecule has 2 heteroatoms. The third kappa shape index (κ3) is 2.95. The second kappa shape index (κ2) is 6.47. The Morgan fingerprint density at radius 3 is 1.17 bits per heavy atom. The van der Waals surface area contributed by atoms with Gasteiger partial charge in [0.15, 0.2) is 0 Å². The van der Waals surface area contributed by atoms with Crippen LogP contribution in [0.15, 0.2) is 97.1 Å². The highest BCUT2D eigenvalue weighted by Crippen LogP contribution is 2.21. The van der Waals surface area contributed by atoms with Gasteiger partial charge in [-0.05, 0) is 35.4 Å². The number of aromatic amines is 2. The molecule has 0 fully saturated rings. The molecule has 0 radical (unpaired) electrons. The van der Waals surface area contributed by atoms with Crippen molar-refractivity contribution in [1.29, 1.82) is 0 Å². The standard InChI is InChI=1S/C22H18N2/c1-3-9-17(10-4-1)19-15-16-20(18-11-5-2-6-12-18)24-22-14-8-7-13-21(22)23-19/h1-16,23-24H. The summed E-state index contributed by atoms with van der Waals surface area (Å²) in [6.07, 6.45) is 0. The van der Waals surface area contributed by atoms with E-state index in [2.05, 4.69) is 82.8 Å². The van der Waals surface area contributed by atoms with Gasteiger partial charge in [0, 0.05) is 11.4 Å². The van der Waals surface area contributed by atoms with Gasteiger partial charge in [0.25, 0.3) is 0 Å². The molecule has 0 amide bonds. The lowest BCUT2D eigenvalue weighted by atomic mass is 10.1. The Morgan fingerprint density at radius 2 is 0.750 bits per heavy atom. The molecule has 24 heavy (non-hydrogen) atoms. The predicted octanol–water partition coefficient (Wildman–Crippen LogP) is 5.95. The Labute approximate surface area is 141 Å². The number of aromatic nitrogens is 2. The third-order valence-electron chi connectivity index (χ3n) is 4.05. The zero-order valence-corrected chi connectivity index (χ0v) is 13.2. The number of rotatable bonds is 2. The summed E-state index contributed by atoms with van der Waals surface area (Å²) in [5.41, 5.74) is 6.62. The lowest BCUT2D eigenvalue weighted by Crippen LogP contribution is -1.87.